The Morgan fingerprint density at radius 1 is 0.524 bits per heavy atom. The van der Waals surface area contributed by atoms with Gasteiger partial charge in [-0.3, -0.25) is 0 Å². The number of methoxy groups -OCH3 is 1. The van der Waals surface area contributed by atoms with E-state index in [1.807, 2.05) is 24.3 Å². The third kappa shape index (κ3) is 3.90. The van der Waals surface area contributed by atoms with E-state index in [9.17, 15) is 0 Å². The third-order valence-electron chi connectivity index (χ3n) is 8.14. The zero-order valence-corrected chi connectivity index (χ0v) is 23.1. The van der Waals surface area contributed by atoms with E-state index in [0.717, 1.165) is 50.3 Å². The molecule has 0 bridgehead atoms. The van der Waals surface area contributed by atoms with Gasteiger partial charge < -0.3 is 14.1 Å². The van der Waals surface area contributed by atoms with Gasteiger partial charge in [0.15, 0.2) is 5.58 Å². The first kappa shape index (κ1) is 24.3. The second-order valence-electron chi connectivity index (χ2n) is 10.5. The van der Waals surface area contributed by atoms with Crippen molar-refractivity contribution < 1.29 is 9.15 Å². The predicted molar refractivity (Wildman–Crippen MR) is 175 cm³/mol. The van der Waals surface area contributed by atoms with Crippen molar-refractivity contribution in [3.8, 4) is 16.9 Å². The summed E-state index contributed by atoms with van der Waals surface area (Å²) in [4.78, 5) is 2.32. The van der Waals surface area contributed by atoms with Crippen molar-refractivity contribution in [2.24, 2.45) is 0 Å². The summed E-state index contributed by atoms with van der Waals surface area (Å²) in [5.41, 5.74) is 7.13. The third-order valence-corrected chi connectivity index (χ3v) is 8.14. The predicted octanol–water partition coefficient (Wildman–Crippen LogP) is 11.0. The molecule has 0 aliphatic carbocycles. The van der Waals surface area contributed by atoms with Crippen LogP contribution in [0, 0.1) is 0 Å². The highest BCUT2D eigenvalue weighted by molar-refractivity contribution is 6.12. The molecule has 0 unspecified atom stereocenters. The van der Waals surface area contributed by atoms with E-state index in [1.165, 1.54) is 27.1 Å². The molecule has 0 fully saturated rings. The van der Waals surface area contributed by atoms with Crippen molar-refractivity contribution in [1.82, 2.24) is 0 Å². The van der Waals surface area contributed by atoms with Crippen LogP contribution in [0.3, 0.4) is 0 Å². The fourth-order valence-corrected chi connectivity index (χ4v) is 6.14. The Labute approximate surface area is 243 Å². The smallest absolute Gasteiger partial charge is 0.159 e. The van der Waals surface area contributed by atoms with Crippen molar-refractivity contribution in [3.63, 3.8) is 0 Å². The number of hydrogen-bond acceptors (Lipinski definition) is 3. The SMILES string of the molecule is COc1ccc(N(c2ccc3ccccc3c2-c2ccc3ccccc3c2)c2cccc3c2oc2ccccc23)cc1. The first-order valence-electron chi connectivity index (χ1n) is 14.1. The Morgan fingerprint density at radius 2 is 1.21 bits per heavy atom. The molecule has 3 nitrogen and oxygen atoms in total. The van der Waals surface area contributed by atoms with Crippen LogP contribution in [0.5, 0.6) is 5.75 Å². The summed E-state index contributed by atoms with van der Waals surface area (Å²) in [5, 5.41) is 7.03. The fourth-order valence-electron chi connectivity index (χ4n) is 6.14. The lowest BCUT2D eigenvalue weighted by atomic mass is 9.93. The maximum atomic E-state index is 6.58. The summed E-state index contributed by atoms with van der Waals surface area (Å²) in [6.45, 7) is 0. The molecule has 1 heterocycles. The Morgan fingerprint density at radius 3 is 2.05 bits per heavy atom. The van der Waals surface area contributed by atoms with Gasteiger partial charge in [-0.25, -0.2) is 0 Å². The maximum absolute atomic E-state index is 6.58. The summed E-state index contributed by atoms with van der Waals surface area (Å²) >= 11 is 0. The molecule has 0 radical (unpaired) electrons. The van der Waals surface area contributed by atoms with Crippen LogP contribution in [-0.4, -0.2) is 7.11 Å². The number of rotatable bonds is 5. The van der Waals surface area contributed by atoms with Crippen molar-refractivity contribution in [3.05, 3.63) is 146 Å². The average molecular weight is 542 g/mol. The van der Waals surface area contributed by atoms with Crippen molar-refractivity contribution in [2.45, 2.75) is 0 Å². The minimum atomic E-state index is 0.814. The molecular weight excluding hydrogens is 514 g/mol. The number of fused-ring (bicyclic) bond motifs is 5. The van der Waals surface area contributed by atoms with Crippen molar-refractivity contribution in [2.75, 3.05) is 12.0 Å². The lowest BCUT2D eigenvalue weighted by Gasteiger charge is -2.29. The van der Waals surface area contributed by atoms with E-state index < -0.39 is 0 Å². The molecule has 200 valence electrons. The van der Waals surface area contributed by atoms with Gasteiger partial charge in [-0.05, 0) is 75.6 Å². The highest BCUT2D eigenvalue weighted by atomic mass is 16.5. The van der Waals surface area contributed by atoms with Crippen LogP contribution in [-0.2, 0) is 0 Å². The molecule has 8 rings (SSSR count). The lowest BCUT2D eigenvalue weighted by Crippen LogP contribution is -2.12. The number of nitrogens with zero attached hydrogens (tertiary/aromatic N) is 1. The Bertz CT molecular complexity index is 2240. The van der Waals surface area contributed by atoms with E-state index in [-0.39, 0.29) is 0 Å². The molecule has 0 spiro atoms. The summed E-state index contributed by atoms with van der Waals surface area (Å²) in [7, 11) is 1.70. The van der Waals surface area contributed by atoms with E-state index >= 15 is 0 Å². The molecule has 0 N–H and O–H groups in total. The summed E-state index contributed by atoms with van der Waals surface area (Å²) in [5.74, 6) is 0.814. The topological polar surface area (TPSA) is 25.6 Å². The molecule has 0 saturated heterocycles. The highest BCUT2D eigenvalue weighted by Gasteiger charge is 2.23. The quantitative estimate of drug-likeness (QED) is 0.217. The summed E-state index contributed by atoms with van der Waals surface area (Å²) in [6.07, 6.45) is 0. The van der Waals surface area contributed by atoms with Crippen LogP contribution in [0.1, 0.15) is 0 Å². The molecule has 0 aliphatic rings. The molecule has 42 heavy (non-hydrogen) atoms. The van der Waals surface area contributed by atoms with E-state index in [4.69, 9.17) is 9.15 Å². The number of para-hydroxylation sites is 2. The van der Waals surface area contributed by atoms with Crippen molar-refractivity contribution in [1.29, 1.82) is 0 Å². The second-order valence-corrected chi connectivity index (χ2v) is 10.5. The van der Waals surface area contributed by atoms with Gasteiger partial charge in [-0.1, -0.05) is 97.1 Å². The molecule has 0 aliphatic heterocycles. The number of anilines is 3. The van der Waals surface area contributed by atoms with Gasteiger partial charge in [-0.15, -0.1) is 0 Å². The molecule has 8 aromatic rings. The van der Waals surface area contributed by atoms with Gasteiger partial charge in [-0.2, -0.15) is 0 Å². The molecule has 0 atom stereocenters. The molecule has 0 saturated carbocycles. The molecule has 7 aromatic carbocycles. The summed E-state index contributed by atoms with van der Waals surface area (Å²) in [6, 6.07) is 51.2. The van der Waals surface area contributed by atoms with Crippen LogP contribution in [0.4, 0.5) is 17.1 Å². The molecule has 3 heteroatoms. The fraction of sp³-hybridized carbons (Fsp3) is 0.0256. The zero-order valence-electron chi connectivity index (χ0n) is 23.1. The molecule has 0 amide bonds. The monoisotopic (exact) mass is 541 g/mol. The molecular formula is C39H27NO2. The standard InChI is InChI=1S/C39H27NO2/c1-41-31-22-20-30(21-23-31)40(36-15-8-14-34-33-13-6-7-16-37(33)42-39(34)36)35-24-19-27-10-4-5-12-32(27)38(35)29-18-17-26-9-2-3-11-28(26)25-29/h2-25H,1H3. The highest BCUT2D eigenvalue weighted by Crippen LogP contribution is 2.47. The molecule has 1 aromatic heterocycles. The lowest BCUT2D eigenvalue weighted by molar-refractivity contribution is 0.415. The number of benzene rings is 7. The number of ether oxygens (including phenoxy) is 1. The minimum Gasteiger partial charge on any atom is -0.497 e. The van der Waals surface area contributed by atoms with Crippen LogP contribution in [0.15, 0.2) is 150 Å². The van der Waals surface area contributed by atoms with Gasteiger partial charge in [0.2, 0.25) is 0 Å². The second kappa shape index (κ2) is 9.83. The average Bonchev–Trinajstić information content (AvgIpc) is 3.44. The Hall–Kier alpha value is -5.54. The van der Waals surface area contributed by atoms with Gasteiger partial charge in [0.1, 0.15) is 11.3 Å². The van der Waals surface area contributed by atoms with Crippen LogP contribution in [0.25, 0.3) is 54.6 Å². The van der Waals surface area contributed by atoms with Crippen LogP contribution in [0.2, 0.25) is 0 Å². The maximum Gasteiger partial charge on any atom is 0.159 e. The van der Waals surface area contributed by atoms with E-state index in [0.29, 0.717) is 0 Å². The van der Waals surface area contributed by atoms with Gasteiger partial charge >= 0.3 is 0 Å². The normalized spacial score (nSPS) is 11.5. The number of furan rings is 1. The largest absolute Gasteiger partial charge is 0.497 e. The van der Waals surface area contributed by atoms with E-state index in [1.54, 1.807) is 7.11 Å². The first-order chi connectivity index (χ1) is 20.8. The van der Waals surface area contributed by atoms with Gasteiger partial charge in [0.25, 0.3) is 0 Å². The summed E-state index contributed by atoms with van der Waals surface area (Å²) < 4.78 is 12.1. The first-order valence-corrected chi connectivity index (χ1v) is 14.1. The number of hydrogen-bond donors (Lipinski definition) is 0. The van der Waals surface area contributed by atoms with Crippen LogP contribution >= 0.6 is 0 Å². The van der Waals surface area contributed by atoms with Gasteiger partial charge in [0, 0.05) is 22.0 Å². The zero-order chi connectivity index (χ0) is 28.0. The van der Waals surface area contributed by atoms with Crippen LogP contribution < -0.4 is 9.64 Å². The Kier molecular flexibility index (Phi) is 5.68. The van der Waals surface area contributed by atoms with Gasteiger partial charge in [0.05, 0.1) is 18.5 Å². The van der Waals surface area contributed by atoms with Crippen molar-refractivity contribution >= 4 is 60.5 Å². The van der Waals surface area contributed by atoms with E-state index in [2.05, 4.69) is 126 Å². The Balaban J connectivity index is 1.47. The minimum absolute atomic E-state index is 0.814.